The van der Waals surface area contributed by atoms with Crippen LogP contribution in [0.1, 0.15) is 48.3 Å². The molecular formula is C26H24N4O6S. The average molecular weight is 521 g/mol. The van der Waals surface area contributed by atoms with E-state index in [1.807, 2.05) is 12.1 Å². The standard InChI is InChI=1S/C26H24N4O6S/c1-4-36-26(33)23-20-14-37-24(27-21(31)13-16-5-9-19(10-6-16)30(34)35)22(20)25(32)29(28-23)18-11-7-17(8-12-18)15(2)3/h5-12,14-15H,4,13H2,1-3H3,(H,27,31). The maximum Gasteiger partial charge on any atom is 0.359 e. The van der Waals surface area contributed by atoms with E-state index in [0.717, 1.165) is 21.6 Å². The number of fused-ring (bicyclic) bond motifs is 1. The molecule has 0 radical (unpaired) electrons. The second kappa shape index (κ2) is 10.7. The van der Waals surface area contributed by atoms with Gasteiger partial charge in [0.25, 0.3) is 11.2 Å². The maximum absolute atomic E-state index is 13.5. The molecule has 0 saturated heterocycles. The molecule has 0 aliphatic carbocycles. The topological polar surface area (TPSA) is 133 Å². The predicted octanol–water partition coefficient (Wildman–Crippen LogP) is 4.84. The summed E-state index contributed by atoms with van der Waals surface area (Å²) in [5.41, 5.74) is 1.52. The number of carbonyl (C=O) groups is 2. The molecule has 190 valence electrons. The van der Waals surface area contributed by atoms with Gasteiger partial charge in [0.2, 0.25) is 5.91 Å². The molecule has 4 aromatic rings. The summed E-state index contributed by atoms with van der Waals surface area (Å²) in [5, 5.41) is 20.2. The van der Waals surface area contributed by atoms with Crippen molar-refractivity contribution in [3.8, 4) is 5.69 Å². The molecule has 1 amide bonds. The number of ether oxygens (including phenoxy) is 1. The van der Waals surface area contributed by atoms with Crippen molar-refractivity contribution in [2.45, 2.75) is 33.1 Å². The number of non-ortho nitro benzene ring substituents is 1. The van der Waals surface area contributed by atoms with Gasteiger partial charge in [-0.05, 0) is 36.1 Å². The monoisotopic (exact) mass is 520 g/mol. The minimum absolute atomic E-state index is 0.0310. The highest BCUT2D eigenvalue weighted by Crippen LogP contribution is 2.31. The SMILES string of the molecule is CCOC(=O)c1nn(-c2ccc(C(C)C)cc2)c(=O)c2c(NC(=O)Cc3ccc([N+](=O)[O-])cc3)scc12. The van der Waals surface area contributed by atoms with Gasteiger partial charge >= 0.3 is 5.97 Å². The van der Waals surface area contributed by atoms with E-state index in [4.69, 9.17) is 4.74 Å². The Bertz CT molecular complexity index is 1540. The summed E-state index contributed by atoms with van der Waals surface area (Å²) in [6.07, 6.45) is -0.0575. The molecule has 0 fully saturated rings. The molecule has 1 N–H and O–H groups in total. The largest absolute Gasteiger partial charge is 0.461 e. The number of anilines is 1. The molecule has 2 aromatic carbocycles. The lowest BCUT2D eigenvalue weighted by Gasteiger charge is -2.11. The Morgan fingerprint density at radius 1 is 1.14 bits per heavy atom. The highest BCUT2D eigenvalue weighted by atomic mass is 32.1. The third-order valence-corrected chi connectivity index (χ3v) is 6.59. The molecular weight excluding hydrogens is 496 g/mol. The number of hydrogen-bond donors (Lipinski definition) is 1. The first-order chi connectivity index (χ1) is 17.7. The lowest BCUT2D eigenvalue weighted by molar-refractivity contribution is -0.384. The quantitative estimate of drug-likeness (QED) is 0.200. The Morgan fingerprint density at radius 3 is 2.41 bits per heavy atom. The van der Waals surface area contributed by atoms with E-state index in [0.29, 0.717) is 17.2 Å². The van der Waals surface area contributed by atoms with E-state index in [2.05, 4.69) is 24.3 Å². The minimum atomic E-state index is -0.679. The molecule has 11 heteroatoms. The van der Waals surface area contributed by atoms with Gasteiger partial charge in [0.05, 0.1) is 29.0 Å². The van der Waals surface area contributed by atoms with Crippen LogP contribution in [-0.2, 0) is 16.0 Å². The lowest BCUT2D eigenvalue weighted by atomic mass is 10.0. The molecule has 10 nitrogen and oxygen atoms in total. The second-order valence-electron chi connectivity index (χ2n) is 8.53. The van der Waals surface area contributed by atoms with Crippen molar-refractivity contribution in [2.24, 2.45) is 0 Å². The summed E-state index contributed by atoms with van der Waals surface area (Å²) >= 11 is 1.10. The normalized spacial score (nSPS) is 11.0. The molecule has 0 spiro atoms. The smallest absolute Gasteiger partial charge is 0.359 e. The molecule has 4 rings (SSSR count). The minimum Gasteiger partial charge on any atom is -0.461 e. The van der Waals surface area contributed by atoms with Crippen LogP contribution in [0.4, 0.5) is 10.7 Å². The van der Waals surface area contributed by atoms with E-state index >= 15 is 0 Å². The van der Waals surface area contributed by atoms with Crippen molar-refractivity contribution in [3.05, 3.63) is 91.2 Å². The second-order valence-corrected chi connectivity index (χ2v) is 9.41. The zero-order chi connectivity index (χ0) is 26.7. The third kappa shape index (κ3) is 5.41. The zero-order valence-corrected chi connectivity index (χ0v) is 21.2. The lowest BCUT2D eigenvalue weighted by Crippen LogP contribution is -2.25. The van der Waals surface area contributed by atoms with Crippen molar-refractivity contribution in [1.82, 2.24) is 9.78 Å². The summed E-state index contributed by atoms with van der Waals surface area (Å²) < 4.78 is 6.30. The Morgan fingerprint density at radius 2 is 1.81 bits per heavy atom. The number of nitrogens with one attached hydrogen (secondary N) is 1. The van der Waals surface area contributed by atoms with Crippen LogP contribution < -0.4 is 10.9 Å². The fourth-order valence-corrected chi connectivity index (χ4v) is 4.71. The first kappa shape index (κ1) is 25.7. The van der Waals surface area contributed by atoms with Crippen LogP contribution in [0.5, 0.6) is 0 Å². The van der Waals surface area contributed by atoms with Crippen molar-refractivity contribution >= 4 is 44.7 Å². The van der Waals surface area contributed by atoms with Gasteiger partial charge in [-0.1, -0.05) is 38.1 Å². The molecule has 0 saturated carbocycles. The third-order valence-electron chi connectivity index (χ3n) is 5.69. The van der Waals surface area contributed by atoms with Crippen molar-refractivity contribution < 1.29 is 19.2 Å². The van der Waals surface area contributed by atoms with Crippen LogP contribution in [0.2, 0.25) is 0 Å². The molecule has 0 bridgehead atoms. The van der Waals surface area contributed by atoms with Crippen molar-refractivity contribution in [2.75, 3.05) is 11.9 Å². The molecule has 0 aliphatic heterocycles. The van der Waals surface area contributed by atoms with E-state index in [1.54, 1.807) is 24.4 Å². The summed E-state index contributed by atoms with van der Waals surface area (Å²) in [6.45, 7) is 5.92. The van der Waals surface area contributed by atoms with Gasteiger partial charge in [0.1, 0.15) is 5.00 Å². The van der Waals surface area contributed by atoms with Gasteiger partial charge in [-0.25, -0.2) is 4.79 Å². The molecule has 37 heavy (non-hydrogen) atoms. The Kier molecular flexibility index (Phi) is 7.44. The first-order valence-corrected chi connectivity index (χ1v) is 12.4. The number of esters is 1. The van der Waals surface area contributed by atoms with Crippen LogP contribution >= 0.6 is 11.3 Å². The number of aromatic nitrogens is 2. The molecule has 0 aliphatic rings. The van der Waals surface area contributed by atoms with E-state index in [-0.39, 0.29) is 40.2 Å². The number of nitrogens with zero attached hydrogens (tertiary/aromatic N) is 3. The highest BCUT2D eigenvalue weighted by Gasteiger charge is 2.23. The first-order valence-electron chi connectivity index (χ1n) is 11.5. The number of amides is 1. The van der Waals surface area contributed by atoms with Gasteiger partial charge in [0, 0.05) is 22.9 Å². The molecule has 0 atom stereocenters. The summed E-state index contributed by atoms with van der Waals surface area (Å²) in [7, 11) is 0. The zero-order valence-electron chi connectivity index (χ0n) is 20.4. The maximum atomic E-state index is 13.5. The van der Waals surface area contributed by atoms with E-state index in [1.165, 1.54) is 24.3 Å². The van der Waals surface area contributed by atoms with Gasteiger partial charge in [-0.3, -0.25) is 19.7 Å². The van der Waals surface area contributed by atoms with Crippen LogP contribution in [0, 0.1) is 10.1 Å². The summed E-state index contributed by atoms with van der Waals surface area (Å²) in [5.74, 6) is -0.799. The van der Waals surface area contributed by atoms with Crippen LogP contribution in [0.15, 0.2) is 58.7 Å². The molecule has 0 unspecified atom stereocenters. The Labute approximate surface area is 215 Å². The number of carbonyl (C=O) groups excluding carboxylic acids is 2. The molecule has 2 heterocycles. The molecule has 2 aromatic heterocycles. The van der Waals surface area contributed by atoms with E-state index < -0.39 is 22.4 Å². The number of nitro benzene ring substituents is 1. The van der Waals surface area contributed by atoms with E-state index in [9.17, 15) is 24.5 Å². The number of rotatable bonds is 8. The van der Waals surface area contributed by atoms with Gasteiger partial charge < -0.3 is 10.1 Å². The summed E-state index contributed by atoms with van der Waals surface area (Å²) in [6, 6.07) is 12.9. The van der Waals surface area contributed by atoms with Crippen LogP contribution in [-0.4, -0.2) is 33.2 Å². The van der Waals surface area contributed by atoms with Gasteiger partial charge in [0.15, 0.2) is 5.69 Å². The van der Waals surface area contributed by atoms with Gasteiger partial charge in [-0.2, -0.15) is 9.78 Å². The van der Waals surface area contributed by atoms with Gasteiger partial charge in [-0.15, -0.1) is 11.3 Å². The Balaban J connectivity index is 1.73. The number of benzene rings is 2. The average Bonchev–Trinajstić information content (AvgIpc) is 3.28. The number of nitro groups is 1. The fourth-order valence-electron chi connectivity index (χ4n) is 3.76. The highest BCUT2D eigenvalue weighted by molar-refractivity contribution is 7.16. The number of thiophene rings is 1. The number of hydrogen-bond acceptors (Lipinski definition) is 8. The fraction of sp³-hybridized carbons (Fsp3) is 0.231. The Hall–Kier alpha value is -4.38. The predicted molar refractivity (Wildman–Crippen MR) is 141 cm³/mol. The van der Waals surface area contributed by atoms with Crippen LogP contribution in [0.25, 0.3) is 16.5 Å². The summed E-state index contributed by atoms with van der Waals surface area (Å²) in [4.78, 5) is 49.4. The van der Waals surface area contributed by atoms with Crippen molar-refractivity contribution in [3.63, 3.8) is 0 Å². The van der Waals surface area contributed by atoms with Crippen LogP contribution in [0.3, 0.4) is 0 Å². The van der Waals surface area contributed by atoms with Crippen molar-refractivity contribution in [1.29, 1.82) is 0 Å².